The molecule has 1 atom stereocenters. The van der Waals surface area contributed by atoms with E-state index >= 15 is 0 Å². The molecule has 0 bridgehead atoms. The third-order valence-electron chi connectivity index (χ3n) is 4.57. The van der Waals surface area contributed by atoms with Crippen molar-refractivity contribution in [1.29, 1.82) is 0 Å². The van der Waals surface area contributed by atoms with E-state index in [1.54, 1.807) is 4.90 Å². The predicted octanol–water partition coefficient (Wildman–Crippen LogP) is 2.92. The summed E-state index contributed by atoms with van der Waals surface area (Å²) in [5.41, 5.74) is 2.18. The minimum absolute atomic E-state index is 0.0415. The van der Waals surface area contributed by atoms with Crippen LogP contribution in [0.2, 0.25) is 0 Å². The lowest BCUT2D eigenvalue weighted by atomic mass is 10.1. The molecular formula is C21H21FN2O4. The summed E-state index contributed by atoms with van der Waals surface area (Å²) in [4.78, 5) is 37.9. The number of hydrogen-bond donors (Lipinski definition) is 1. The molecule has 0 aliphatic carbocycles. The predicted molar refractivity (Wildman–Crippen MR) is 102 cm³/mol. The number of carbonyl (C=O) groups is 3. The van der Waals surface area contributed by atoms with Crippen LogP contribution in [0.1, 0.15) is 18.9 Å². The molecule has 146 valence electrons. The number of hydrogen-bond acceptors (Lipinski definition) is 4. The lowest BCUT2D eigenvalue weighted by molar-refractivity contribution is -0.151. The van der Waals surface area contributed by atoms with Crippen molar-refractivity contribution in [2.75, 3.05) is 23.4 Å². The van der Waals surface area contributed by atoms with Gasteiger partial charge in [0.15, 0.2) is 6.61 Å². The Labute approximate surface area is 162 Å². The maximum atomic E-state index is 13.1. The van der Waals surface area contributed by atoms with Crippen molar-refractivity contribution in [3.05, 3.63) is 59.9 Å². The van der Waals surface area contributed by atoms with Crippen molar-refractivity contribution in [3.63, 3.8) is 0 Å². The molecule has 28 heavy (non-hydrogen) atoms. The topological polar surface area (TPSA) is 75.7 Å². The van der Waals surface area contributed by atoms with Crippen LogP contribution in [0.25, 0.3) is 0 Å². The quantitative estimate of drug-likeness (QED) is 0.777. The molecule has 0 unspecified atom stereocenters. The van der Waals surface area contributed by atoms with Crippen LogP contribution in [-0.4, -0.2) is 30.9 Å². The summed E-state index contributed by atoms with van der Waals surface area (Å²) in [5, 5.41) is 2.45. The molecule has 1 N–H and O–H groups in total. The molecule has 1 heterocycles. The van der Waals surface area contributed by atoms with Crippen molar-refractivity contribution in [3.8, 4) is 0 Å². The first-order valence-electron chi connectivity index (χ1n) is 9.07. The van der Waals surface area contributed by atoms with Crippen LogP contribution in [0.3, 0.4) is 0 Å². The second kappa shape index (κ2) is 8.65. The van der Waals surface area contributed by atoms with Gasteiger partial charge in [0, 0.05) is 24.3 Å². The standard InChI is InChI=1S/C21H21FN2O4/c1-2-14-6-8-18(9-7-14)24-12-15(10-20(24)26)21(27)28-13-19(25)23-17-5-3-4-16(22)11-17/h3-9,11,15H,2,10,12-13H2,1H3,(H,23,25)/t15-/m0/s1. The number of amides is 2. The van der Waals surface area contributed by atoms with Crippen molar-refractivity contribution in [1.82, 2.24) is 0 Å². The maximum Gasteiger partial charge on any atom is 0.311 e. The van der Waals surface area contributed by atoms with E-state index in [1.807, 2.05) is 31.2 Å². The third kappa shape index (κ3) is 4.73. The van der Waals surface area contributed by atoms with Gasteiger partial charge < -0.3 is 15.0 Å². The first-order chi connectivity index (χ1) is 13.5. The highest BCUT2D eigenvalue weighted by molar-refractivity contribution is 6.00. The van der Waals surface area contributed by atoms with E-state index in [4.69, 9.17) is 4.74 Å². The van der Waals surface area contributed by atoms with E-state index in [2.05, 4.69) is 5.32 Å². The molecule has 7 heteroatoms. The summed E-state index contributed by atoms with van der Waals surface area (Å²) in [6.07, 6.45) is 0.945. The lowest BCUT2D eigenvalue weighted by Crippen LogP contribution is -2.28. The Balaban J connectivity index is 1.52. The number of anilines is 2. The molecule has 2 aromatic rings. The van der Waals surface area contributed by atoms with Crippen LogP contribution in [0.4, 0.5) is 15.8 Å². The van der Waals surface area contributed by atoms with Gasteiger partial charge in [0.25, 0.3) is 5.91 Å². The zero-order valence-corrected chi connectivity index (χ0v) is 15.5. The number of benzene rings is 2. The largest absolute Gasteiger partial charge is 0.455 e. The van der Waals surface area contributed by atoms with Crippen LogP contribution >= 0.6 is 0 Å². The van der Waals surface area contributed by atoms with Crippen LogP contribution < -0.4 is 10.2 Å². The van der Waals surface area contributed by atoms with Crippen LogP contribution in [-0.2, 0) is 25.5 Å². The molecule has 0 radical (unpaired) electrons. The number of nitrogens with zero attached hydrogens (tertiary/aromatic N) is 1. The van der Waals surface area contributed by atoms with Gasteiger partial charge in [-0.1, -0.05) is 25.1 Å². The van der Waals surface area contributed by atoms with Gasteiger partial charge in [0.2, 0.25) is 5.91 Å². The third-order valence-corrected chi connectivity index (χ3v) is 4.57. The van der Waals surface area contributed by atoms with Crippen LogP contribution in [0.5, 0.6) is 0 Å². The molecule has 0 saturated carbocycles. The Morgan fingerprint density at radius 2 is 1.96 bits per heavy atom. The maximum absolute atomic E-state index is 13.1. The van der Waals surface area contributed by atoms with Gasteiger partial charge in [0.05, 0.1) is 5.92 Å². The average molecular weight is 384 g/mol. The number of aryl methyl sites for hydroxylation is 1. The van der Waals surface area contributed by atoms with Crippen molar-refractivity contribution in [2.24, 2.45) is 5.92 Å². The number of nitrogens with one attached hydrogen (secondary N) is 1. The second-order valence-electron chi connectivity index (χ2n) is 6.59. The summed E-state index contributed by atoms with van der Waals surface area (Å²) < 4.78 is 18.2. The fourth-order valence-electron chi connectivity index (χ4n) is 3.04. The highest BCUT2D eigenvalue weighted by Gasteiger charge is 2.36. The van der Waals surface area contributed by atoms with Crippen molar-refractivity contribution < 1.29 is 23.5 Å². The molecule has 1 aliphatic rings. The molecule has 2 amide bonds. The SMILES string of the molecule is CCc1ccc(N2C[C@@H](C(=O)OCC(=O)Nc3cccc(F)c3)CC2=O)cc1. The molecule has 3 rings (SSSR count). The Hall–Kier alpha value is -3.22. The zero-order valence-electron chi connectivity index (χ0n) is 15.5. The molecule has 0 spiro atoms. The second-order valence-corrected chi connectivity index (χ2v) is 6.59. The van der Waals surface area contributed by atoms with Gasteiger partial charge in [-0.25, -0.2) is 4.39 Å². The number of carbonyl (C=O) groups excluding carboxylic acids is 3. The molecule has 1 aliphatic heterocycles. The van der Waals surface area contributed by atoms with E-state index in [0.29, 0.717) is 0 Å². The molecule has 1 fully saturated rings. The zero-order chi connectivity index (χ0) is 20.1. The Morgan fingerprint density at radius 3 is 2.64 bits per heavy atom. The van der Waals surface area contributed by atoms with E-state index in [-0.39, 0.29) is 24.6 Å². The average Bonchev–Trinajstić information content (AvgIpc) is 3.08. The van der Waals surface area contributed by atoms with Crippen molar-refractivity contribution in [2.45, 2.75) is 19.8 Å². The van der Waals surface area contributed by atoms with Gasteiger partial charge in [-0.15, -0.1) is 0 Å². The Bertz CT molecular complexity index is 882. The fraction of sp³-hybridized carbons (Fsp3) is 0.286. The summed E-state index contributed by atoms with van der Waals surface area (Å²) in [6, 6.07) is 13.0. The summed E-state index contributed by atoms with van der Waals surface area (Å²) in [6.45, 7) is 1.77. The monoisotopic (exact) mass is 384 g/mol. The van der Waals surface area contributed by atoms with Crippen molar-refractivity contribution >= 4 is 29.2 Å². The Morgan fingerprint density at radius 1 is 1.21 bits per heavy atom. The molecule has 1 saturated heterocycles. The van der Waals surface area contributed by atoms with E-state index < -0.39 is 30.2 Å². The number of ether oxygens (including phenoxy) is 1. The minimum Gasteiger partial charge on any atom is -0.455 e. The number of rotatable bonds is 6. The van der Waals surface area contributed by atoms with Gasteiger partial charge in [-0.05, 0) is 42.3 Å². The van der Waals surface area contributed by atoms with Gasteiger partial charge in [-0.2, -0.15) is 0 Å². The molecule has 6 nitrogen and oxygen atoms in total. The van der Waals surface area contributed by atoms with Crippen LogP contribution in [0, 0.1) is 11.7 Å². The molecule has 2 aromatic carbocycles. The number of esters is 1. The summed E-state index contributed by atoms with van der Waals surface area (Å²) in [5.74, 6) is -2.44. The highest BCUT2D eigenvalue weighted by atomic mass is 19.1. The van der Waals surface area contributed by atoms with E-state index in [9.17, 15) is 18.8 Å². The first-order valence-corrected chi connectivity index (χ1v) is 9.07. The smallest absolute Gasteiger partial charge is 0.311 e. The van der Waals surface area contributed by atoms with Gasteiger partial charge in [0.1, 0.15) is 5.82 Å². The minimum atomic E-state index is -0.625. The van der Waals surface area contributed by atoms with Crippen LogP contribution in [0.15, 0.2) is 48.5 Å². The summed E-state index contributed by atoms with van der Waals surface area (Å²) >= 11 is 0. The van der Waals surface area contributed by atoms with E-state index in [0.717, 1.165) is 23.7 Å². The van der Waals surface area contributed by atoms with Gasteiger partial charge >= 0.3 is 5.97 Å². The lowest BCUT2D eigenvalue weighted by Gasteiger charge is -2.17. The molecular weight excluding hydrogens is 363 g/mol. The normalized spacial score (nSPS) is 16.1. The van der Waals surface area contributed by atoms with Gasteiger partial charge in [-0.3, -0.25) is 14.4 Å². The Kier molecular flexibility index (Phi) is 6.03. The fourth-order valence-corrected chi connectivity index (χ4v) is 3.04. The summed E-state index contributed by atoms with van der Waals surface area (Å²) in [7, 11) is 0. The first kappa shape index (κ1) is 19.5. The highest BCUT2D eigenvalue weighted by Crippen LogP contribution is 2.26. The molecule has 0 aromatic heterocycles. The number of halogens is 1. The van der Waals surface area contributed by atoms with E-state index in [1.165, 1.54) is 18.2 Å².